The van der Waals surface area contributed by atoms with Crippen LogP contribution in [0.15, 0.2) is 12.1 Å². The van der Waals surface area contributed by atoms with Crippen molar-refractivity contribution in [3.63, 3.8) is 0 Å². The number of carbonyl (C=O) groups is 1. The third kappa shape index (κ3) is 2.28. The minimum absolute atomic E-state index is 0.0411. The number of anilines is 1. The van der Waals surface area contributed by atoms with Gasteiger partial charge in [0.25, 0.3) is 0 Å². The normalized spacial score (nSPS) is 14.9. The van der Waals surface area contributed by atoms with Crippen LogP contribution in [0.1, 0.15) is 0 Å². The summed E-state index contributed by atoms with van der Waals surface area (Å²) in [5, 5.41) is 19.7. The van der Waals surface area contributed by atoms with Crippen molar-refractivity contribution in [2.75, 3.05) is 25.1 Å². The molecule has 0 atom stereocenters. The molecule has 1 fully saturated rings. The zero-order chi connectivity index (χ0) is 14.2. The fourth-order valence-corrected chi connectivity index (χ4v) is 1.93. The topological polar surface area (TPSA) is 92.9 Å². The number of hydrogen-bond acceptors (Lipinski definition) is 5. The highest BCUT2D eigenvalue weighted by Crippen LogP contribution is 2.38. The largest absolute Gasteiger partial charge is 0.497 e. The van der Waals surface area contributed by atoms with E-state index in [1.165, 1.54) is 18.1 Å². The highest BCUT2D eigenvalue weighted by atomic mass is 19.1. The number of carboxylic acid groups (broad SMARTS) is 1. The van der Waals surface area contributed by atoms with Gasteiger partial charge >= 0.3 is 11.7 Å². The van der Waals surface area contributed by atoms with Gasteiger partial charge < -0.3 is 14.7 Å². The summed E-state index contributed by atoms with van der Waals surface area (Å²) >= 11 is 0. The van der Waals surface area contributed by atoms with Crippen LogP contribution in [-0.4, -0.2) is 36.2 Å². The van der Waals surface area contributed by atoms with Gasteiger partial charge in [0, 0.05) is 25.2 Å². The fourth-order valence-electron chi connectivity index (χ4n) is 1.93. The number of rotatable bonds is 4. The summed E-state index contributed by atoms with van der Waals surface area (Å²) in [5.74, 6) is -2.41. The van der Waals surface area contributed by atoms with Crippen LogP contribution < -0.4 is 9.64 Å². The molecular weight excluding hydrogens is 259 g/mol. The van der Waals surface area contributed by atoms with E-state index in [-0.39, 0.29) is 24.5 Å². The molecule has 1 aromatic rings. The summed E-state index contributed by atoms with van der Waals surface area (Å²) in [4.78, 5) is 22.2. The number of nitro benzene ring substituents is 1. The predicted octanol–water partition coefficient (Wildman–Crippen LogP) is 1.26. The highest BCUT2D eigenvalue weighted by Gasteiger charge is 2.37. The van der Waals surface area contributed by atoms with E-state index in [1.54, 1.807) is 0 Å². The number of nitrogens with zero attached hydrogens (tertiary/aromatic N) is 2. The Labute approximate surface area is 107 Å². The molecule has 0 spiro atoms. The Balaban J connectivity index is 2.36. The molecule has 0 amide bonds. The van der Waals surface area contributed by atoms with Crippen molar-refractivity contribution in [3.05, 3.63) is 28.1 Å². The second kappa shape index (κ2) is 4.71. The summed E-state index contributed by atoms with van der Waals surface area (Å²) in [5.41, 5.74) is -0.621. The third-order valence-electron chi connectivity index (χ3n) is 3.01. The van der Waals surface area contributed by atoms with Gasteiger partial charge in [-0.3, -0.25) is 14.9 Å². The van der Waals surface area contributed by atoms with Gasteiger partial charge in [0.05, 0.1) is 18.0 Å². The minimum atomic E-state index is -1.00. The van der Waals surface area contributed by atoms with Crippen LogP contribution in [0.3, 0.4) is 0 Å². The van der Waals surface area contributed by atoms with Gasteiger partial charge in [0.1, 0.15) is 11.4 Å². The minimum Gasteiger partial charge on any atom is -0.497 e. The molecule has 7 nitrogen and oxygen atoms in total. The Bertz CT molecular complexity index is 542. The van der Waals surface area contributed by atoms with Crippen molar-refractivity contribution in [1.29, 1.82) is 0 Å². The number of benzene rings is 1. The molecule has 1 aliphatic rings. The Hall–Kier alpha value is -2.38. The number of methoxy groups -OCH3 is 1. The number of aliphatic carboxylic acids is 1. The van der Waals surface area contributed by atoms with Crippen LogP contribution in [0, 0.1) is 21.8 Å². The van der Waals surface area contributed by atoms with E-state index in [0.29, 0.717) is 0 Å². The third-order valence-corrected chi connectivity index (χ3v) is 3.01. The smallest absolute Gasteiger partial charge is 0.328 e. The SMILES string of the molecule is COc1cc(F)c([N+](=O)[O-])c(N2CC(C(=O)O)C2)c1. The lowest BCUT2D eigenvalue weighted by Crippen LogP contribution is -2.50. The van der Waals surface area contributed by atoms with Crippen molar-refractivity contribution >= 4 is 17.3 Å². The van der Waals surface area contributed by atoms with E-state index in [1.807, 2.05) is 0 Å². The van der Waals surface area contributed by atoms with Crippen molar-refractivity contribution in [2.45, 2.75) is 0 Å². The fraction of sp³-hybridized carbons (Fsp3) is 0.364. The molecule has 19 heavy (non-hydrogen) atoms. The number of carboxylic acids is 1. The molecule has 0 aliphatic carbocycles. The zero-order valence-electron chi connectivity index (χ0n) is 10.00. The molecule has 1 heterocycles. The van der Waals surface area contributed by atoms with Crippen LogP contribution in [0.25, 0.3) is 0 Å². The first-order valence-electron chi connectivity index (χ1n) is 5.43. The zero-order valence-corrected chi connectivity index (χ0v) is 10.00. The average Bonchev–Trinajstić information content (AvgIpc) is 2.24. The van der Waals surface area contributed by atoms with Crippen LogP contribution in [0.4, 0.5) is 15.8 Å². The van der Waals surface area contributed by atoms with E-state index >= 15 is 0 Å². The van der Waals surface area contributed by atoms with E-state index < -0.39 is 28.3 Å². The molecule has 2 rings (SSSR count). The molecule has 0 radical (unpaired) electrons. The van der Waals surface area contributed by atoms with Gasteiger partial charge in [-0.1, -0.05) is 0 Å². The lowest BCUT2D eigenvalue weighted by Gasteiger charge is -2.38. The molecule has 1 saturated heterocycles. The highest BCUT2D eigenvalue weighted by molar-refractivity contribution is 5.77. The Morgan fingerprint density at radius 3 is 2.68 bits per heavy atom. The summed E-state index contributed by atoms with van der Waals surface area (Å²) in [6, 6.07) is 2.26. The summed E-state index contributed by atoms with van der Waals surface area (Å²) in [7, 11) is 1.32. The standard InChI is InChI=1S/C11H11FN2O5/c1-19-7-2-8(12)10(14(17)18)9(3-7)13-4-6(5-13)11(15)16/h2-3,6H,4-5H2,1H3,(H,15,16). The molecule has 1 aromatic carbocycles. The maximum absolute atomic E-state index is 13.7. The van der Waals surface area contributed by atoms with Gasteiger partial charge in [0.15, 0.2) is 0 Å². The van der Waals surface area contributed by atoms with Crippen molar-refractivity contribution in [1.82, 2.24) is 0 Å². The molecule has 0 unspecified atom stereocenters. The quantitative estimate of drug-likeness (QED) is 0.654. The van der Waals surface area contributed by atoms with Crippen LogP contribution in [0.2, 0.25) is 0 Å². The molecule has 102 valence electrons. The van der Waals surface area contributed by atoms with Gasteiger partial charge in [-0.05, 0) is 0 Å². The van der Waals surface area contributed by atoms with E-state index in [9.17, 15) is 19.3 Å². The number of nitro groups is 1. The van der Waals surface area contributed by atoms with Crippen molar-refractivity contribution in [3.8, 4) is 5.75 Å². The summed E-state index contributed by atoms with van der Waals surface area (Å²) in [6.07, 6.45) is 0. The Morgan fingerprint density at radius 1 is 1.58 bits per heavy atom. The maximum Gasteiger partial charge on any atom is 0.328 e. The maximum atomic E-state index is 13.7. The Kier molecular flexibility index (Phi) is 3.24. The molecule has 0 bridgehead atoms. The number of ether oxygens (including phenoxy) is 1. The van der Waals surface area contributed by atoms with Crippen LogP contribution in [-0.2, 0) is 4.79 Å². The molecule has 0 saturated carbocycles. The monoisotopic (exact) mass is 270 g/mol. The number of halogens is 1. The van der Waals surface area contributed by atoms with Crippen LogP contribution >= 0.6 is 0 Å². The van der Waals surface area contributed by atoms with Crippen molar-refractivity contribution in [2.24, 2.45) is 5.92 Å². The first kappa shape index (κ1) is 13.1. The van der Waals surface area contributed by atoms with E-state index in [2.05, 4.69) is 0 Å². The second-order valence-electron chi connectivity index (χ2n) is 4.17. The van der Waals surface area contributed by atoms with Gasteiger partial charge in [-0.25, -0.2) is 0 Å². The van der Waals surface area contributed by atoms with Gasteiger partial charge in [-0.15, -0.1) is 0 Å². The molecule has 1 aliphatic heterocycles. The van der Waals surface area contributed by atoms with E-state index in [4.69, 9.17) is 9.84 Å². The average molecular weight is 270 g/mol. The van der Waals surface area contributed by atoms with E-state index in [0.717, 1.165) is 6.07 Å². The first-order chi connectivity index (χ1) is 8.93. The summed E-state index contributed by atoms with van der Waals surface area (Å²) in [6.45, 7) is 0.228. The molecule has 1 N–H and O–H groups in total. The predicted molar refractivity (Wildman–Crippen MR) is 62.9 cm³/mol. The first-order valence-corrected chi connectivity index (χ1v) is 5.43. The summed E-state index contributed by atoms with van der Waals surface area (Å²) < 4.78 is 18.5. The number of hydrogen-bond donors (Lipinski definition) is 1. The molecular formula is C11H11FN2O5. The van der Waals surface area contributed by atoms with Crippen LogP contribution in [0.5, 0.6) is 5.75 Å². The molecule has 0 aromatic heterocycles. The lowest BCUT2D eigenvalue weighted by molar-refractivity contribution is -0.386. The van der Waals surface area contributed by atoms with Gasteiger partial charge in [0.2, 0.25) is 5.82 Å². The van der Waals surface area contributed by atoms with Crippen molar-refractivity contribution < 1.29 is 24.0 Å². The second-order valence-corrected chi connectivity index (χ2v) is 4.17. The lowest BCUT2D eigenvalue weighted by atomic mass is 9.99. The Morgan fingerprint density at radius 2 is 2.21 bits per heavy atom. The van der Waals surface area contributed by atoms with Gasteiger partial charge in [-0.2, -0.15) is 4.39 Å². The molecule has 8 heteroatoms.